The maximum Gasteiger partial charge on any atom is 0.315 e. The van der Waals surface area contributed by atoms with Gasteiger partial charge in [0, 0.05) is 25.3 Å². The first-order valence-electron chi connectivity index (χ1n) is 19.5. The summed E-state index contributed by atoms with van der Waals surface area (Å²) in [7, 11) is 0. The number of rotatable bonds is 8. The number of para-hydroxylation sites is 1. The van der Waals surface area contributed by atoms with Crippen LogP contribution in [0.5, 0.6) is 0 Å². The van der Waals surface area contributed by atoms with Gasteiger partial charge in [-0.05, 0) is 131 Å². The molecule has 1 aromatic carbocycles. The zero-order valence-corrected chi connectivity index (χ0v) is 31.1. The number of aliphatic hydroxyl groups excluding tert-OH is 3. The number of benzene rings is 1. The quantitative estimate of drug-likeness (QED) is 0.192. The maximum atomic E-state index is 13.4. The Bertz CT molecular complexity index is 1320. The highest BCUT2D eigenvalue weighted by Gasteiger charge is 2.65. The van der Waals surface area contributed by atoms with Crippen molar-refractivity contribution in [1.82, 2.24) is 9.80 Å². The van der Waals surface area contributed by atoms with E-state index in [1.165, 1.54) is 0 Å². The number of piperidine rings is 1. The van der Waals surface area contributed by atoms with Crippen molar-refractivity contribution in [3.63, 3.8) is 0 Å². The number of carbonyl (C=O) groups is 2. The van der Waals surface area contributed by atoms with E-state index in [-0.39, 0.29) is 52.8 Å². The number of esters is 1. The van der Waals surface area contributed by atoms with Gasteiger partial charge in [-0.15, -0.1) is 0 Å². The summed E-state index contributed by atoms with van der Waals surface area (Å²) in [5.41, 5.74) is 0.392. The Morgan fingerprint density at radius 1 is 0.959 bits per heavy atom. The number of carbonyl (C=O) groups excluding carboxylic acids is 2. The fraction of sp³-hybridized carbons (Fsp3) is 0.805. The van der Waals surface area contributed by atoms with Crippen LogP contribution in [-0.2, 0) is 14.3 Å². The highest BCUT2D eigenvalue weighted by atomic mass is 16.5. The smallest absolute Gasteiger partial charge is 0.315 e. The van der Waals surface area contributed by atoms with Gasteiger partial charge in [-0.2, -0.15) is 0 Å². The summed E-state index contributed by atoms with van der Waals surface area (Å²) in [4.78, 5) is 26.0. The van der Waals surface area contributed by atoms with Gasteiger partial charge in [0.15, 0.2) is 0 Å². The van der Waals surface area contributed by atoms with Crippen molar-refractivity contribution >= 4 is 17.6 Å². The molecule has 0 aromatic heterocycles. The molecule has 1 saturated heterocycles. The van der Waals surface area contributed by atoms with Crippen LogP contribution in [0.1, 0.15) is 112 Å². The van der Waals surface area contributed by atoms with Gasteiger partial charge in [0.2, 0.25) is 12.6 Å². The van der Waals surface area contributed by atoms with E-state index in [9.17, 15) is 24.9 Å². The number of hydrogen-bond acceptors (Lipinski definition) is 6. The van der Waals surface area contributed by atoms with Crippen molar-refractivity contribution in [1.29, 1.82) is 0 Å². The molecule has 49 heavy (non-hydrogen) atoms. The second kappa shape index (κ2) is 13.9. The topological polar surface area (TPSA) is 116 Å². The molecule has 1 aliphatic heterocycles. The molecule has 0 radical (unpaired) electrons. The Labute approximate surface area is 295 Å². The SMILES string of the molecule is C[C@H](CCC(=O)NC1CC[N+](COC(=O)C(C)(C)C)(c2ccccc2)CC1)[C@H]1CC[C@H]2[C@@H]3[C@H](O)C[C@@H]4C[C@H](O)CC[C@]4(C)[C@H]3C[C@H](O)[C@]12C. The molecule has 1 aromatic rings. The fourth-order valence-corrected chi connectivity index (χ4v) is 11.8. The van der Waals surface area contributed by atoms with Gasteiger partial charge in [0.1, 0.15) is 5.69 Å². The first-order valence-corrected chi connectivity index (χ1v) is 19.5. The minimum absolute atomic E-state index is 0.0723. The van der Waals surface area contributed by atoms with Gasteiger partial charge in [-0.25, -0.2) is 0 Å². The van der Waals surface area contributed by atoms with Crippen LogP contribution in [0.25, 0.3) is 0 Å². The van der Waals surface area contributed by atoms with Crippen LogP contribution in [-0.4, -0.2) is 71.4 Å². The van der Waals surface area contributed by atoms with Crippen LogP contribution in [0.15, 0.2) is 30.3 Å². The van der Waals surface area contributed by atoms with Gasteiger partial charge in [-0.3, -0.25) is 14.1 Å². The average molecular weight is 682 g/mol. The Morgan fingerprint density at radius 2 is 1.65 bits per heavy atom. The Hall–Kier alpha value is -2.00. The molecule has 1 heterocycles. The van der Waals surface area contributed by atoms with E-state index in [1.807, 2.05) is 39.0 Å². The molecule has 8 nitrogen and oxygen atoms in total. The zero-order chi connectivity index (χ0) is 35.4. The Morgan fingerprint density at radius 3 is 2.33 bits per heavy atom. The largest absolute Gasteiger partial charge is 0.414 e. The Balaban J connectivity index is 1.04. The van der Waals surface area contributed by atoms with Crippen molar-refractivity contribution < 1.29 is 29.6 Å². The van der Waals surface area contributed by atoms with Crippen molar-refractivity contribution in [2.45, 2.75) is 137 Å². The molecular formula is C41H65N2O6+. The van der Waals surface area contributed by atoms with E-state index < -0.39 is 11.5 Å². The van der Waals surface area contributed by atoms with Crippen LogP contribution in [0.2, 0.25) is 0 Å². The maximum absolute atomic E-state index is 13.4. The summed E-state index contributed by atoms with van der Waals surface area (Å²) in [5, 5.41) is 37.3. The number of ether oxygens (including phenoxy) is 1. The fourth-order valence-electron chi connectivity index (χ4n) is 11.8. The molecular weight excluding hydrogens is 616 g/mol. The molecule has 0 spiro atoms. The van der Waals surface area contributed by atoms with Crippen molar-refractivity contribution in [3.05, 3.63) is 30.3 Å². The normalized spacial score (nSPS) is 42.7. The summed E-state index contributed by atoms with van der Waals surface area (Å²) in [6.45, 7) is 14.4. The lowest BCUT2D eigenvalue weighted by Gasteiger charge is -2.63. The molecule has 6 rings (SSSR count). The molecule has 5 aliphatic rings. The predicted octanol–water partition coefficient (Wildman–Crippen LogP) is 6.20. The molecule has 0 unspecified atom stereocenters. The summed E-state index contributed by atoms with van der Waals surface area (Å²) >= 11 is 0. The second-order valence-corrected chi connectivity index (χ2v) is 18.6. The highest BCUT2D eigenvalue weighted by Crippen LogP contribution is 2.68. The summed E-state index contributed by atoms with van der Waals surface area (Å²) in [6, 6.07) is 10.4. The molecule has 274 valence electrons. The lowest BCUT2D eigenvalue weighted by molar-refractivity contribution is -0.207. The number of quaternary nitrogens is 1. The van der Waals surface area contributed by atoms with E-state index in [1.54, 1.807) is 0 Å². The van der Waals surface area contributed by atoms with Gasteiger partial charge in [-0.1, -0.05) is 39.0 Å². The van der Waals surface area contributed by atoms with E-state index >= 15 is 0 Å². The van der Waals surface area contributed by atoms with Crippen LogP contribution in [0.3, 0.4) is 0 Å². The van der Waals surface area contributed by atoms with Crippen LogP contribution in [0.4, 0.5) is 5.69 Å². The number of amides is 1. The van der Waals surface area contributed by atoms with E-state index in [2.05, 4.69) is 38.2 Å². The minimum Gasteiger partial charge on any atom is -0.414 e. The number of likely N-dealkylation sites (tertiary alicyclic amines) is 1. The third-order valence-corrected chi connectivity index (χ3v) is 14.9. The summed E-state index contributed by atoms with van der Waals surface area (Å²) in [5.74, 6) is 1.63. The molecule has 4 saturated carbocycles. The third-order valence-electron chi connectivity index (χ3n) is 14.9. The van der Waals surface area contributed by atoms with Gasteiger partial charge < -0.3 is 25.4 Å². The Kier molecular flexibility index (Phi) is 10.4. The lowest BCUT2D eigenvalue weighted by atomic mass is 9.43. The van der Waals surface area contributed by atoms with Crippen LogP contribution in [0, 0.1) is 51.8 Å². The number of aliphatic hydroxyl groups is 3. The molecule has 11 atom stereocenters. The van der Waals surface area contributed by atoms with Crippen molar-refractivity contribution in [2.24, 2.45) is 51.8 Å². The standard InChI is InChI=1S/C41H64N2O6/c1-26(31-13-14-32-37-33(24-35(46)41(31,32)6)40(5)19-16-30(44)22-27(40)23-34(37)45)12-15-36(47)42-28-17-20-43(21-18-28,29-10-8-7-9-11-29)25-49-38(48)39(2,3)4/h7-11,26-28,30-35,37,44-46H,12-25H2,1-6H3/p+1/t26-,27+,28?,30-,31-,32+,33+,34-,35+,37+,40+,41-,43?/m1/s1. The number of hydrogen-bond donors (Lipinski definition) is 4. The molecule has 8 heteroatoms. The van der Waals surface area contributed by atoms with Crippen molar-refractivity contribution in [2.75, 3.05) is 19.8 Å². The first-order chi connectivity index (χ1) is 23.1. The van der Waals surface area contributed by atoms with Crippen LogP contribution < -0.4 is 9.80 Å². The lowest BCUT2D eigenvalue weighted by Crippen LogP contribution is -2.62. The van der Waals surface area contributed by atoms with E-state index in [0.29, 0.717) is 41.3 Å². The molecule has 4 aliphatic carbocycles. The highest BCUT2D eigenvalue weighted by molar-refractivity contribution is 5.76. The molecule has 0 bridgehead atoms. The van der Waals surface area contributed by atoms with Gasteiger partial charge >= 0.3 is 5.97 Å². The third kappa shape index (κ3) is 6.85. The monoisotopic (exact) mass is 681 g/mol. The number of nitrogens with zero attached hydrogens (tertiary/aromatic N) is 1. The zero-order valence-electron chi connectivity index (χ0n) is 31.1. The minimum atomic E-state index is -0.558. The number of nitrogens with one attached hydrogen (secondary N) is 1. The van der Waals surface area contributed by atoms with Crippen molar-refractivity contribution in [3.8, 4) is 0 Å². The molecule has 5 fully saturated rings. The first kappa shape index (κ1) is 36.8. The van der Waals surface area contributed by atoms with Gasteiger partial charge in [0.25, 0.3) is 0 Å². The molecule has 4 N–H and O–H groups in total. The summed E-state index contributed by atoms with van der Waals surface area (Å²) in [6.07, 6.45) is 8.03. The van der Waals surface area contributed by atoms with E-state index in [4.69, 9.17) is 4.74 Å². The summed E-state index contributed by atoms with van der Waals surface area (Å²) < 4.78 is 6.44. The van der Waals surface area contributed by atoms with Gasteiger partial charge in [0.05, 0.1) is 36.8 Å². The van der Waals surface area contributed by atoms with Crippen LogP contribution >= 0.6 is 0 Å². The average Bonchev–Trinajstić information content (AvgIpc) is 3.43. The molecule has 1 amide bonds. The van der Waals surface area contributed by atoms with E-state index in [0.717, 1.165) is 83.0 Å². The predicted molar refractivity (Wildman–Crippen MR) is 192 cm³/mol. The second-order valence-electron chi connectivity index (χ2n) is 18.6. The number of fused-ring (bicyclic) bond motifs is 5.